The quantitative estimate of drug-likeness (QED) is 0.373. The van der Waals surface area contributed by atoms with Crippen LogP contribution >= 0.6 is 32.0 Å². The maximum Gasteiger partial charge on any atom is 3.00 e. The van der Waals surface area contributed by atoms with Crippen LogP contribution in [0.4, 0.5) is 0 Å². The summed E-state index contributed by atoms with van der Waals surface area (Å²) in [4.78, 5) is 0. The molecule has 13 heavy (non-hydrogen) atoms. The zero-order valence-electron chi connectivity index (χ0n) is 5.39. The Kier molecular flexibility index (Phi) is 34.7. The fourth-order valence-electron chi connectivity index (χ4n) is 0. The third kappa shape index (κ3) is 1070. The summed E-state index contributed by atoms with van der Waals surface area (Å²) >= 11 is 0. The Bertz CT molecular complexity index is 216. The zero-order valence-corrected chi connectivity index (χ0v) is 11.3. The number of hydrogen-bond donors (Lipinski definition) is 0. The van der Waals surface area contributed by atoms with E-state index >= 15 is 0 Å². The van der Waals surface area contributed by atoms with E-state index < -0.39 is 29.8 Å². The minimum absolute atomic E-state index is 0. The first-order valence-electron chi connectivity index (χ1n) is 1.46. The van der Waals surface area contributed by atoms with E-state index in [9.17, 15) is 0 Å². The van der Waals surface area contributed by atoms with Gasteiger partial charge in [-0.2, -0.15) is 32.0 Å². The van der Waals surface area contributed by atoms with Crippen LogP contribution in [0.2, 0.25) is 0 Å². The van der Waals surface area contributed by atoms with Gasteiger partial charge in [-0.3, -0.25) is 0 Å². The van der Waals surface area contributed by atoms with Gasteiger partial charge in [-0.1, -0.05) is 0 Å². The molecule has 0 unspecified atom stereocenters. The summed E-state index contributed by atoms with van der Waals surface area (Å²) in [5.74, 6) is 0. The fraction of sp³-hybridized carbons (Fsp3) is 0. The zero-order chi connectivity index (χ0) is 10.7. The molecule has 0 aromatic heterocycles. The Labute approximate surface area is 104 Å². The molecule has 0 aliphatic carbocycles. The van der Waals surface area contributed by atoms with Crippen LogP contribution in [0.3, 0.4) is 0 Å². The topological polar surface area (TPSA) is 102 Å². The van der Waals surface area contributed by atoms with E-state index in [-0.39, 0.29) is 17.4 Å². The molecule has 0 spiro atoms. The standard InChI is InChI=1S/Al.3ClO2S/c;3*1-4(2)3/q+3;3*-1. The van der Waals surface area contributed by atoms with Gasteiger partial charge in [0.1, 0.15) is 0 Å². The second-order valence-electron chi connectivity index (χ2n) is 0.582. The van der Waals surface area contributed by atoms with E-state index in [1.807, 2.05) is 0 Å². The molecule has 0 fully saturated rings. The molecule has 0 N–H and O–H groups in total. The summed E-state index contributed by atoms with van der Waals surface area (Å²) in [6.45, 7) is 0. The first-order chi connectivity index (χ1) is 5.20. The van der Waals surface area contributed by atoms with Crippen LogP contribution < -0.4 is 0 Å². The summed E-state index contributed by atoms with van der Waals surface area (Å²) in [7, 11) is 5.41. The largest absolute Gasteiger partial charge is 3.00 e. The van der Waals surface area contributed by atoms with E-state index in [1.165, 1.54) is 0 Å². The minimum atomic E-state index is -2.39. The van der Waals surface area contributed by atoms with Crippen molar-refractivity contribution in [2.24, 2.45) is 0 Å². The maximum absolute atomic E-state index is 8.77. The molecule has 0 amide bonds. The first-order valence-corrected chi connectivity index (χ1v) is 7.17. The smallest absolute Gasteiger partial charge is 0.409 e. The molecule has 0 bridgehead atoms. The number of rotatable bonds is 0. The van der Waals surface area contributed by atoms with Gasteiger partial charge >= 0.3 is 17.4 Å². The average Bonchev–Trinajstić information content (AvgIpc) is 1.54. The van der Waals surface area contributed by atoms with Crippen LogP contribution in [0.15, 0.2) is 0 Å². The van der Waals surface area contributed by atoms with Gasteiger partial charge in [0.15, 0.2) is 0 Å². The second-order valence-corrected chi connectivity index (χ2v) is 4.01. The summed E-state index contributed by atoms with van der Waals surface area (Å²) < 4.78 is 52.6. The van der Waals surface area contributed by atoms with E-state index in [4.69, 9.17) is 25.3 Å². The Morgan fingerprint density at radius 1 is 0.538 bits per heavy atom. The van der Waals surface area contributed by atoms with Crippen molar-refractivity contribution in [3.8, 4) is 0 Å². The second kappa shape index (κ2) is 18.9. The fourth-order valence-corrected chi connectivity index (χ4v) is 0. The van der Waals surface area contributed by atoms with Crippen LogP contribution in [0.1, 0.15) is 0 Å². The van der Waals surface area contributed by atoms with Crippen LogP contribution in [-0.2, 0) is 55.0 Å². The summed E-state index contributed by atoms with van der Waals surface area (Å²) in [5.41, 5.74) is 0. The van der Waals surface area contributed by atoms with Crippen LogP contribution in [0, 0.1) is 0 Å². The van der Waals surface area contributed by atoms with Gasteiger partial charge in [0.05, 0.1) is 0 Å². The number of halogens is 3. The van der Waals surface area contributed by atoms with Gasteiger partial charge in [-0.05, 0) is 0 Å². The monoisotopic (exact) mass is 324 g/mol. The van der Waals surface area contributed by atoms with Crippen molar-refractivity contribution in [3.63, 3.8) is 0 Å². The predicted molar refractivity (Wildman–Crippen MR) is 49.5 cm³/mol. The molecule has 0 radical (unpaired) electrons. The van der Waals surface area contributed by atoms with Crippen molar-refractivity contribution in [3.05, 3.63) is 0 Å². The molecular weight excluding hydrogens is 326 g/mol. The Morgan fingerprint density at radius 3 is 0.538 bits per heavy atom. The van der Waals surface area contributed by atoms with Crippen LogP contribution in [0.25, 0.3) is 0 Å². The van der Waals surface area contributed by atoms with E-state index in [0.717, 1.165) is 0 Å². The molecule has 0 aromatic rings. The molecule has 0 rings (SSSR count). The van der Waals surface area contributed by atoms with Gasteiger partial charge in [-0.25, -0.2) is 0 Å². The molecule has 0 aromatic carbocycles. The van der Waals surface area contributed by atoms with Gasteiger partial charge in [-0.15, -0.1) is 0 Å². The molecule has 6 nitrogen and oxygen atoms in total. The maximum atomic E-state index is 8.77. The summed E-state index contributed by atoms with van der Waals surface area (Å²) in [5, 5.41) is 0. The van der Waals surface area contributed by atoms with Crippen molar-refractivity contribution in [1.82, 2.24) is 0 Å². The molecule has 0 saturated carbocycles. The molecular formula is AlCl3O6S3. The minimum Gasteiger partial charge on any atom is -0.409 e. The van der Waals surface area contributed by atoms with Crippen LogP contribution in [-0.4, -0.2) is 17.4 Å². The van der Waals surface area contributed by atoms with Gasteiger partial charge in [0, 0.05) is 29.8 Å². The number of hydrogen-bond acceptors (Lipinski definition) is 9. The van der Waals surface area contributed by atoms with Crippen molar-refractivity contribution in [1.29, 1.82) is 0 Å². The summed E-state index contributed by atoms with van der Waals surface area (Å²) in [6, 6.07) is 0. The van der Waals surface area contributed by atoms with Gasteiger partial charge in [0.2, 0.25) is 0 Å². The molecule has 0 atom stereocenters. The van der Waals surface area contributed by atoms with E-state index in [2.05, 4.69) is 32.0 Å². The average molecular weight is 326 g/mol. The van der Waals surface area contributed by atoms with Crippen molar-refractivity contribution < 1.29 is 25.3 Å². The normalized spacial score (nSPS) is 7.85. The third-order valence-corrected chi connectivity index (χ3v) is 0. The SMILES string of the molecule is O=[S-](=O)Cl.O=[S-](=O)Cl.O=[S-](=O)Cl.[Al+3]. The van der Waals surface area contributed by atoms with Gasteiger partial charge in [0.25, 0.3) is 0 Å². The first kappa shape index (κ1) is 23.8. The Balaban J connectivity index is -0.0000000450. The third-order valence-electron chi connectivity index (χ3n) is 0. The molecule has 0 saturated heterocycles. The van der Waals surface area contributed by atoms with Crippen molar-refractivity contribution in [2.75, 3.05) is 0 Å². The Hall–Kier alpha value is 1.25. The molecule has 0 heterocycles. The molecule has 0 aliphatic rings. The Morgan fingerprint density at radius 2 is 0.538 bits per heavy atom. The van der Waals surface area contributed by atoms with Gasteiger partial charge < -0.3 is 25.3 Å². The predicted octanol–water partition coefficient (Wildman–Crippen LogP) is 0.968. The van der Waals surface area contributed by atoms with Crippen molar-refractivity contribution in [2.45, 2.75) is 0 Å². The van der Waals surface area contributed by atoms with E-state index in [0.29, 0.717) is 0 Å². The van der Waals surface area contributed by atoms with Crippen molar-refractivity contribution >= 4 is 79.2 Å². The van der Waals surface area contributed by atoms with Crippen LogP contribution in [0.5, 0.6) is 0 Å². The van der Waals surface area contributed by atoms with E-state index in [1.54, 1.807) is 0 Å². The molecule has 13 heteroatoms. The molecule has 78 valence electrons. The molecule has 0 aliphatic heterocycles. The summed E-state index contributed by atoms with van der Waals surface area (Å²) in [6.07, 6.45) is 0.